The number of benzene rings is 1. The number of nitrogens with one attached hydrogen (secondary N) is 1. The van der Waals surface area contributed by atoms with Crippen LogP contribution in [0.5, 0.6) is 0 Å². The van der Waals surface area contributed by atoms with Gasteiger partial charge in [0.05, 0.1) is 0 Å². The third kappa shape index (κ3) is 2.90. The van der Waals surface area contributed by atoms with E-state index in [1.54, 1.807) is 0 Å². The van der Waals surface area contributed by atoms with Gasteiger partial charge in [0.1, 0.15) is 6.04 Å². The van der Waals surface area contributed by atoms with Crippen LogP contribution in [0.2, 0.25) is 0 Å². The van der Waals surface area contributed by atoms with Crippen LogP contribution in [0.15, 0.2) is 28.7 Å². The quantitative estimate of drug-likeness (QED) is 0.803. The summed E-state index contributed by atoms with van der Waals surface area (Å²) < 4.78 is 0.986. The maximum absolute atomic E-state index is 10.8. The molecule has 14 heavy (non-hydrogen) atoms. The Hall–Kier alpha value is -1.27. The molecule has 1 aromatic rings. The molecule has 1 N–H and O–H groups in total. The predicted molar refractivity (Wildman–Crippen MR) is 59.5 cm³/mol. The van der Waals surface area contributed by atoms with E-state index in [9.17, 15) is 4.79 Å². The zero-order valence-electron chi connectivity index (χ0n) is 7.75. The molecule has 0 spiro atoms. The highest BCUT2D eigenvalue weighted by Crippen LogP contribution is 2.16. The molecule has 0 unspecified atom stereocenters. The van der Waals surface area contributed by atoms with E-state index >= 15 is 0 Å². The Morgan fingerprint density at radius 3 is 2.50 bits per heavy atom. The summed E-state index contributed by atoms with van der Waals surface area (Å²) >= 11 is 3.33. The molecular formula is C11H10BrNO. The molecule has 72 valence electrons. The van der Waals surface area contributed by atoms with Crippen molar-refractivity contribution in [3.63, 3.8) is 0 Å². The Kier molecular flexibility index (Phi) is 3.73. The minimum atomic E-state index is -0.347. The van der Waals surface area contributed by atoms with E-state index in [2.05, 4.69) is 27.2 Å². The van der Waals surface area contributed by atoms with Gasteiger partial charge in [-0.2, -0.15) is 0 Å². The lowest BCUT2D eigenvalue weighted by Crippen LogP contribution is -2.24. The average Bonchev–Trinajstić information content (AvgIpc) is 2.15. The molecule has 1 atom stereocenters. The number of amides is 1. The average molecular weight is 252 g/mol. The lowest BCUT2D eigenvalue weighted by Gasteiger charge is -2.11. The normalized spacial score (nSPS) is 11.5. The molecule has 1 amide bonds. The van der Waals surface area contributed by atoms with Crippen LogP contribution in [0.1, 0.15) is 18.5 Å². The molecule has 0 heterocycles. The molecule has 0 fully saturated rings. The summed E-state index contributed by atoms with van der Waals surface area (Å²) in [5.74, 6) is 2.39. The lowest BCUT2D eigenvalue weighted by molar-refractivity contribution is -0.119. The molecule has 1 rings (SSSR count). The van der Waals surface area contributed by atoms with Crippen molar-refractivity contribution in [1.82, 2.24) is 5.32 Å². The van der Waals surface area contributed by atoms with Crippen molar-refractivity contribution in [2.75, 3.05) is 0 Å². The van der Waals surface area contributed by atoms with Crippen LogP contribution in [-0.4, -0.2) is 5.91 Å². The number of hydrogen-bond donors (Lipinski definition) is 1. The minimum Gasteiger partial charge on any atom is -0.339 e. The molecule has 2 nitrogen and oxygen atoms in total. The zero-order chi connectivity index (χ0) is 10.6. The maximum Gasteiger partial charge on any atom is 0.218 e. The second kappa shape index (κ2) is 4.83. The lowest BCUT2D eigenvalue weighted by atomic mass is 10.1. The van der Waals surface area contributed by atoms with Gasteiger partial charge in [-0.25, -0.2) is 0 Å². The number of rotatable bonds is 2. The van der Waals surface area contributed by atoms with Crippen LogP contribution in [0.3, 0.4) is 0 Å². The summed E-state index contributed by atoms with van der Waals surface area (Å²) in [7, 11) is 0. The standard InChI is InChI=1S/C11H10BrNO/c1-3-11(13-8(2)14)9-4-6-10(12)7-5-9/h1,4-7,11H,2H3,(H,13,14)/t11-/m1/s1. The molecule has 0 saturated heterocycles. The van der Waals surface area contributed by atoms with Crippen LogP contribution in [0, 0.1) is 12.3 Å². The van der Waals surface area contributed by atoms with Crippen LogP contribution >= 0.6 is 15.9 Å². The molecule has 0 radical (unpaired) electrons. The fourth-order valence-electron chi connectivity index (χ4n) is 1.08. The molecule has 0 aliphatic heterocycles. The number of carbonyl (C=O) groups excluding carboxylic acids is 1. The summed E-state index contributed by atoms with van der Waals surface area (Å²) in [6.07, 6.45) is 5.31. The predicted octanol–water partition coefficient (Wildman–Crippen LogP) is 2.26. The molecular weight excluding hydrogens is 242 g/mol. The topological polar surface area (TPSA) is 29.1 Å². The van der Waals surface area contributed by atoms with Crippen molar-refractivity contribution in [2.24, 2.45) is 0 Å². The van der Waals surface area contributed by atoms with E-state index in [0.717, 1.165) is 10.0 Å². The van der Waals surface area contributed by atoms with E-state index in [1.807, 2.05) is 24.3 Å². The van der Waals surface area contributed by atoms with E-state index in [0.29, 0.717) is 0 Å². The van der Waals surface area contributed by atoms with Crippen LogP contribution < -0.4 is 5.32 Å². The molecule has 0 bridgehead atoms. The molecule has 0 aromatic heterocycles. The minimum absolute atomic E-state index is 0.129. The highest BCUT2D eigenvalue weighted by molar-refractivity contribution is 9.10. The van der Waals surface area contributed by atoms with Gasteiger partial charge in [0.25, 0.3) is 0 Å². The Bertz CT molecular complexity index is 364. The van der Waals surface area contributed by atoms with Crippen LogP contribution in [0.25, 0.3) is 0 Å². The van der Waals surface area contributed by atoms with E-state index in [4.69, 9.17) is 6.42 Å². The van der Waals surface area contributed by atoms with Gasteiger partial charge in [-0.3, -0.25) is 4.79 Å². The Morgan fingerprint density at radius 2 is 2.07 bits per heavy atom. The van der Waals surface area contributed by atoms with Crippen molar-refractivity contribution in [1.29, 1.82) is 0 Å². The maximum atomic E-state index is 10.8. The van der Waals surface area contributed by atoms with Crippen LogP contribution in [-0.2, 0) is 4.79 Å². The summed E-state index contributed by atoms with van der Waals surface area (Å²) in [5.41, 5.74) is 0.908. The monoisotopic (exact) mass is 251 g/mol. The van der Waals surface area contributed by atoms with Gasteiger partial charge < -0.3 is 5.32 Å². The van der Waals surface area contributed by atoms with Gasteiger partial charge in [-0.05, 0) is 17.7 Å². The Morgan fingerprint density at radius 1 is 1.50 bits per heavy atom. The van der Waals surface area contributed by atoms with Crippen molar-refractivity contribution >= 4 is 21.8 Å². The van der Waals surface area contributed by atoms with Crippen LogP contribution in [0.4, 0.5) is 0 Å². The van der Waals surface area contributed by atoms with Gasteiger partial charge in [0.15, 0.2) is 0 Å². The van der Waals surface area contributed by atoms with E-state index < -0.39 is 0 Å². The number of carbonyl (C=O) groups is 1. The summed E-state index contributed by atoms with van der Waals surface area (Å²) in [6, 6.07) is 7.19. The first-order valence-corrected chi connectivity index (χ1v) is 4.91. The van der Waals surface area contributed by atoms with Crippen molar-refractivity contribution in [2.45, 2.75) is 13.0 Å². The second-order valence-electron chi connectivity index (χ2n) is 2.85. The van der Waals surface area contributed by atoms with Crippen molar-refractivity contribution < 1.29 is 4.79 Å². The molecule has 0 aliphatic carbocycles. The summed E-state index contributed by atoms with van der Waals surface area (Å²) in [6.45, 7) is 1.45. The van der Waals surface area contributed by atoms with Crippen molar-refractivity contribution in [3.05, 3.63) is 34.3 Å². The number of hydrogen-bond acceptors (Lipinski definition) is 1. The third-order valence-corrected chi connectivity index (χ3v) is 2.25. The van der Waals surface area contributed by atoms with E-state index in [1.165, 1.54) is 6.92 Å². The van der Waals surface area contributed by atoms with Gasteiger partial charge >= 0.3 is 0 Å². The van der Waals surface area contributed by atoms with Gasteiger partial charge in [-0.1, -0.05) is 34.0 Å². The highest BCUT2D eigenvalue weighted by Gasteiger charge is 2.08. The SMILES string of the molecule is C#C[C@@H](NC(C)=O)c1ccc(Br)cc1. The van der Waals surface area contributed by atoms with Gasteiger partial charge in [-0.15, -0.1) is 6.42 Å². The van der Waals surface area contributed by atoms with Gasteiger partial charge in [0, 0.05) is 11.4 Å². The van der Waals surface area contributed by atoms with E-state index in [-0.39, 0.29) is 11.9 Å². The second-order valence-corrected chi connectivity index (χ2v) is 3.77. The Labute approximate surface area is 91.8 Å². The fourth-order valence-corrected chi connectivity index (χ4v) is 1.34. The molecule has 1 aromatic carbocycles. The largest absolute Gasteiger partial charge is 0.339 e. The van der Waals surface area contributed by atoms with Crippen molar-refractivity contribution in [3.8, 4) is 12.3 Å². The third-order valence-electron chi connectivity index (χ3n) is 1.72. The first-order chi connectivity index (χ1) is 6.63. The number of halogens is 1. The number of terminal acetylenes is 1. The fraction of sp³-hybridized carbons (Fsp3) is 0.182. The summed E-state index contributed by atoms with van der Waals surface area (Å²) in [5, 5.41) is 2.67. The first-order valence-electron chi connectivity index (χ1n) is 4.12. The summed E-state index contributed by atoms with van der Waals surface area (Å²) in [4.78, 5) is 10.8. The highest BCUT2D eigenvalue weighted by atomic mass is 79.9. The zero-order valence-corrected chi connectivity index (χ0v) is 9.34. The Balaban J connectivity index is 2.85. The molecule has 0 aliphatic rings. The van der Waals surface area contributed by atoms with Gasteiger partial charge in [0.2, 0.25) is 5.91 Å². The molecule has 3 heteroatoms. The first kappa shape index (κ1) is 10.8. The molecule has 0 saturated carbocycles. The smallest absolute Gasteiger partial charge is 0.218 e.